The van der Waals surface area contributed by atoms with Crippen LogP contribution in [0.15, 0.2) is 53.1 Å². The standard InChI is InChI=1S/C18H13NO7.K.H2O.H/c20-17(21)13(18(22)23)9-12-15(19(24)25)14(10-5-2-1-3-6-10)11-7-4-8-26-16(11)12;;;/h1-8,13H,9H2,(H,20,21)(H,22,23);;1H2;. The molecule has 1 aromatic rings. The number of aliphatic carboxylic acids is 2. The van der Waals surface area contributed by atoms with E-state index in [1.54, 1.807) is 42.5 Å². The second-order valence-electron chi connectivity index (χ2n) is 5.61. The molecule has 0 saturated heterocycles. The first-order valence-corrected chi connectivity index (χ1v) is 7.59. The number of hydrogen-bond donors (Lipinski definition) is 2. The molecule has 4 N–H and O–H groups in total. The van der Waals surface area contributed by atoms with Gasteiger partial charge in [-0.05, 0) is 17.7 Å². The molecule has 1 heterocycles. The quantitative estimate of drug-likeness (QED) is 0.269. The summed E-state index contributed by atoms with van der Waals surface area (Å²) in [6.07, 6.45) is 0.749. The Morgan fingerprint density at radius 2 is 1.68 bits per heavy atom. The summed E-state index contributed by atoms with van der Waals surface area (Å²) in [6.45, 7) is 0. The molecule has 28 heavy (non-hydrogen) atoms. The Morgan fingerprint density at radius 3 is 2.21 bits per heavy atom. The minimum atomic E-state index is -1.82. The van der Waals surface area contributed by atoms with Crippen molar-refractivity contribution in [2.24, 2.45) is 5.92 Å². The molecule has 0 fully saturated rings. The van der Waals surface area contributed by atoms with Crippen molar-refractivity contribution < 1.29 is 34.6 Å². The molecule has 1 aliphatic heterocycles. The molecule has 0 amide bonds. The summed E-state index contributed by atoms with van der Waals surface area (Å²) >= 11 is 0. The summed E-state index contributed by atoms with van der Waals surface area (Å²) in [7, 11) is 0. The topological polar surface area (TPSA) is 162 Å². The first-order valence-electron chi connectivity index (χ1n) is 7.59. The third-order valence-electron chi connectivity index (χ3n) is 4.09. The van der Waals surface area contributed by atoms with Crippen molar-refractivity contribution in [1.29, 1.82) is 0 Å². The number of benzene rings is 1. The van der Waals surface area contributed by atoms with Crippen LogP contribution in [0.3, 0.4) is 0 Å². The number of nitrogens with zero attached hydrogens (tertiary/aromatic N) is 1. The molecule has 0 atom stereocenters. The second kappa shape index (κ2) is 9.91. The first-order chi connectivity index (χ1) is 12.4. The van der Waals surface area contributed by atoms with Crippen LogP contribution in [0.1, 0.15) is 5.56 Å². The number of carboxylic acids is 2. The summed E-state index contributed by atoms with van der Waals surface area (Å²) in [6, 6.07) is 11.7. The predicted molar refractivity (Wildman–Crippen MR) is 101 cm³/mol. The molecular formula is C18H16KNO8. The Hall–Kier alpha value is -2.08. The van der Waals surface area contributed by atoms with Crippen LogP contribution < -0.4 is 0 Å². The Bertz CT molecular complexity index is 955. The van der Waals surface area contributed by atoms with Gasteiger partial charge in [-0.2, -0.15) is 0 Å². The molecule has 1 aromatic carbocycles. The number of rotatable bonds is 6. The average molecular weight is 413 g/mol. The normalized spacial score (nSPS) is 10.2. The van der Waals surface area contributed by atoms with E-state index in [1.807, 2.05) is 0 Å². The second-order valence-corrected chi connectivity index (χ2v) is 5.61. The summed E-state index contributed by atoms with van der Waals surface area (Å²) < 4.78 is 5.41. The number of carbonyl (C=O) groups is 2. The molecule has 0 spiro atoms. The van der Waals surface area contributed by atoms with Crippen molar-refractivity contribution >= 4 is 69.0 Å². The van der Waals surface area contributed by atoms with Gasteiger partial charge in [0.15, 0.2) is 5.92 Å². The zero-order valence-electron chi connectivity index (χ0n) is 13.8. The van der Waals surface area contributed by atoms with Crippen LogP contribution in [0, 0.1) is 16.0 Å². The van der Waals surface area contributed by atoms with Gasteiger partial charge in [0.2, 0.25) is 0 Å². The molecule has 3 rings (SSSR count). The average Bonchev–Trinajstić information content (AvgIpc) is 2.94. The van der Waals surface area contributed by atoms with Gasteiger partial charge in [-0.25, -0.2) is 0 Å². The van der Waals surface area contributed by atoms with Gasteiger partial charge in [0, 0.05) is 12.0 Å². The Morgan fingerprint density at radius 1 is 1.07 bits per heavy atom. The van der Waals surface area contributed by atoms with Gasteiger partial charge in [0.05, 0.1) is 22.3 Å². The fourth-order valence-corrected chi connectivity index (χ4v) is 2.97. The molecule has 2 aliphatic rings. The van der Waals surface area contributed by atoms with Gasteiger partial charge < -0.3 is 20.1 Å². The van der Waals surface area contributed by atoms with Crippen molar-refractivity contribution in [2.75, 3.05) is 0 Å². The van der Waals surface area contributed by atoms with E-state index in [0.717, 1.165) is 0 Å². The Labute approximate surface area is 201 Å². The van der Waals surface area contributed by atoms with Crippen LogP contribution in [-0.2, 0) is 16.0 Å². The number of carboxylic acid groups (broad SMARTS) is 2. The molecule has 0 bridgehead atoms. The fraction of sp³-hybridized carbons (Fsp3) is 0.111. The summed E-state index contributed by atoms with van der Waals surface area (Å²) in [5.41, 5.74) is 0.876. The predicted octanol–water partition coefficient (Wildman–Crippen LogP) is 1.81. The van der Waals surface area contributed by atoms with Crippen molar-refractivity contribution in [3.63, 3.8) is 0 Å². The molecule has 9 nitrogen and oxygen atoms in total. The fourth-order valence-electron chi connectivity index (χ4n) is 2.97. The van der Waals surface area contributed by atoms with Gasteiger partial charge in [-0.3, -0.25) is 19.7 Å². The molecule has 0 radical (unpaired) electrons. The van der Waals surface area contributed by atoms with E-state index in [2.05, 4.69) is 0 Å². The number of fused-ring (bicyclic) bond motifs is 1. The zero-order valence-corrected chi connectivity index (χ0v) is 13.8. The summed E-state index contributed by atoms with van der Waals surface area (Å²) in [4.78, 5) is 33.7. The third kappa shape index (κ3) is 4.49. The van der Waals surface area contributed by atoms with E-state index in [0.29, 0.717) is 11.1 Å². The van der Waals surface area contributed by atoms with E-state index in [-0.39, 0.29) is 79.4 Å². The van der Waals surface area contributed by atoms with Crippen LogP contribution >= 0.6 is 0 Å². The molecular weight excluding hydrogens is 397 g/mol. The molecule has 10 heteroatoms. The Balaban J connectivity index is 0.00000196. The van der Waals surface area contributed by atoms with Crippen LogP contribution in [-0.4, -0.2) is 83.9 Å². The molecule has 0 aromatic heterocycles. The van der Waals surface area contributed by atoms with Crippen LogP contribution in [0.2, 0.25) is 0 Å². The van der Waals surface area contributed by atoms with Crippen molar-refractivity contribution in [3.05, 3.63) is 64.4 Å². The van der Waals surface area contributed by atoms with Crippen LogP contribution in [0.25, 0.3) is 22.5 Å². The van der Waals surface area contributed by atoms with E-state index in [9.17, 15) is 19.7 Å². The molecule has 1 aliphatic carbocycles. The maximum atomic E-state index is 11.8. The minimum absolute atomic E-state index is 0. The summed E-state index contributed by atoms with van der Waals surface area (Å²) in [5, 5.41) is 30.1. The van der Waals surface area contributed by atoms with E-state index in [1.165, 1.54) is 6.26 Å². The van der Waals surface area contributed by atoms with Crippen molar-refractivity contribution in [2.45, 2.75) is 6.42 Å². The molecule has 0 unspecified atom stereocenters. The maximum absolute atomic E-state index is 11.8. The summed E-state index contributed by atoms with van der Waals surface area (Å²) in [5.74, 6) is -4.85. The number of nitro groups is 1. The van der Waals surface area contributed by atoms with E-state index < -0.39 is 29.2 Å². The van der Waals surface area contributed by atoms with Crippen molar-refractivity contribution in [1.82, 2.24) is 0 Å². The van der Waals surface area contributed by atoms with Crippen molar-refractivity contribution in [3.8, 4) is 22.5 Å². The SMILES string of the molecule is O.O=C(O)C(Cc1c2occcc-2c(-c2ccccc2)c1[N+](=O)[O-])C(=O)O.[KH]. The molecule has 142 valence electrons. The molecule has 0 saturated carbocycles. The van der Waals surface area contributed by atoms with E-state index in [4.69, 9.17) is 14.6 Å². The van der Waals surface area contributed by atoms with Gasteiger partial charge in [-0.15, -0.1) is 0 Å². The Kier molecular flexibility index (Phi) is 8.48. The third-order valence-corrected chi connectivity index (χ3v) is 4.09. The van der Waals surface area contributed by atoms with Gasteiger partial charge in [0.25, 0.3) is 5.69 Å². The van der Waals surface area contributed by atoms with Crippen LogP contribution in [0.4, 0.5) is 5.69 Å². The van der Waals surface area contributed by atoms with Gasteiger partial charge in [-0.1, -0.05) is 30.3 Å². The van der Waals surface area contributed by atoms with Gasteiger partial charge in [0.1, 0.15) is 5.76 Å². The van der Waals surface area contributed by atoms with Crippen LogP contribution in [0.5, 0.6) is 0 Å². The zero-order chi connectivity index (χ0) is 18.8. The van der Waals surface area contributed by atoms with Gasteiger partial charge >= 0.3 is 63.3 Å². The monoisotopic (exact) mass is 413 g/mol. The van der Waals surface area contributed by atoms with E-state index >= 15 is 0 Å². The number of hydrogen-bond acceptors (Lipinski definition) is 5. The first kappa shape index (κ1) is 24.0.